The zero-order valence-electron chi connectivity index (χ0n) is 20.8. The summed E-state index contributed by atoms with van der Waals surface area (Å²) in [6.07, 6.45) is 4.41. The summed E-state index contributed by atoms with van der Waals surface area (Å²) in [7, 11) is 2.79. The zero-order chi connectivity index (χ0) is 23.4. The van der Waals surface area contributed by atoms with Gasteiger partial charge in [0.15, 0.2) is 0 Å². The van der Waals surface area contributed by atoms with Crippen molar-refractivity contribution >= 4 is 14.4 Å². The molecule has 3 atom stereocenters. The van der Waals surface area contributed by atoms with E-state index in [0.717, 1.165) is 25.8 Å². The number of hydrogen-bond donors (Lipinski definition) is 0. The van der Waals surface area contributed by atoms with E-state index in [1.165, 1.54) is 0 Å². The second-order valence-corrected chi connectivity index (χ2v) is 10.2. The second kappa shape index (κ2) is 14.3. The first-order chi connectivity index (χ1) is 14.7. The average Bonchev–Trinajstić information content (AvgIpc) is 3.09. The van der Waals surface area contributed by atoms with Crippen molar-refractivity contribution in [3.05, 3.63) is 0 Å². The van der Waals surface area contributed by atoms with Gasteiger partial charge in [-0.1, -0.05) is 6.42 Å². The summed E-state index contributed by atoms with van der Waals surface area (Å²) >= 11 is 0. The molecule has 1 rings (SSSR count). The summed E-state index contributed by atoms with van der Waals surface area (Å²) < 4.78 is 22.5. The molecule has 0 aromatic rings. The smallest absolute Gasteiger partial charge is 0.259 e. The molecule has 0 bridgehead atoms. The molecule has 7 nitrogen and oxygen atoms in total. The fraction of sp³-hybridized carbons (Fsp3) is 0.909. The number of likely N-dealkylation sites (tertiary alicyclic amines) is 1. The number of unbranched alkanes of at least 4 members (excludes halogenated alkanes) is 2. The number of carbonyl (C=O) groups excluding carboxylic acids is 1. The lowest BCUT2D eigenvalue weighted by Crippen LogP contribution is -2.36. The lowest BCUT2D eigenvalue weighted by molar-refractivity contribution is -0.132. The Bertz CT molecular complexity index is 551. The van der Waals surface area contributed by atoms with Gasteiger partial charge >= 0.3 is 0 Å². The molecule has 1 aliphatic heterocycles. The van der Waals surface area contributed by atoms with Gasteiger partial charge in [-0.2, -0.15) is 5.26 Å². The van der Waals surface area contributed by atoms with Crippen LogP contribution in [0.15, 0.2) is 0 Å². The Hall–Kier alpha value is -0.770. The van der Waals surface area contributed by atoms with E-state index in [2.05, 4.69) is 57.4 Å². The summed E-state index contributed by atoms with van der Waals surface area (Å²) in [5.41, 5.74) is 0. The van der Waals surface area contributed by atoms with Crippen LogP contribution in [0, 0.1) is 11.3 Å². The summed E-state index contributed by atoms with van der Waals surface area (Å²) in [6.45, 7) is 10.5. The van der Waals surface area contributed by atoms with Gasteiger partial charge in [-0.05, 0) is 74.5 Å². The van der Waals surface area contributed by atoms with E-state index in [0.29, 0.717) is 32.4 Å². The number of carbonyl (C=O) groups is 1. The minimum atomic E-state index is -1.33. The fourth-order valence-corrected chi connectivity index (χ4v) is 5.41. The largest absolute Gasteiger partial charge is 0.337 e. The van der Waals surface area contributed by atoms with Crippen molar-refractivity contribution in [2.24, 2.45) is 0 Å². The van der Waals surface area contributed by atoms with Crippen LogP contribution in [0.5, 0.6) is 0 Å². The van der Waals surface area contributed by atoms with Crippen molar-refractivity contribution in [2.45, 2.75) is 97.3 Å². The van der Waals surface area contributed by atoms with E-state index in [4.69, 9.17) is 15.7 Å². The minimum absolute atomic E-state index is 0.0956. The van der Waals surface area contributed by atoms with Crippen LogP contribution in [0.25, 0.3) is 0 Å². The topological polar surface area (TPSA) is 69.0 Å². The van der Waals surface area contributed by atoms with Crippen LogP contribution in [0.1, 0.15) is 74.5 Å². The molecule has 0 N–H and O–H groups in total. The third kappa shape index (κ3) is 9.58. The predicted octanol–water partition coefficient (Wildman–Crippen LogP) is 4.39. The van der Waals surface area contributed by atoms with Crippen LogP contribution < -0.4 is 0 Å². The van der Waals surface area contributed by atoms with Crippen LogP contribution >= 0.6 is 8.53 Å². The van der Waals surface area contributed by atoms with Gasteiger partial charge in [0.1, 0.15) is 0 Å². The van der Waals surface area contributed by atoms with E-state index in [1.807, 2.05) is 4.90 Å². The van der Waals surface area contributed by atoms with Gasteiger partial charge in [0.2, 0.25) is 5.91 Å². The molecule has 0 aromatic heterocycles. The molecule has 8 heteroatoms. The Morgan fingerprint density at radius 2 is 1.97 bits per heavy atom. The first-order valence-corrected chi connectivity index (χ1v) is 12.3. The van der Waals surface area contributed by atoms with Crippen LogP contribution in [-0.4, -0.2) is 78.4 Å². The number of amides is 1. The van der Waals surface area contributed by atoms with Crippen molar-refractivity contribution in [1.29, 1.82) is 5.26 Å². The number of nitriles is 1. The summed E-state index contributed by atoms with van der Waals surface area (Å²) in [5, 5.41) is 8.87. The molecular weight excluding hydrogens is 399 g/mol. The molecule has 0 aliphatic carbocycles. The highest BCUT2D eigenvalue weighted by atomic mass is 31.2. The summed E-state index contributed by atoms with van der Waals surface area (Å²) in [5.74, 6) is 0.132. The molecule has 0 saturated carbocycles. The molecule has 1 heterocycles. The van der Waals surface area contributed by atoms with E-state index < -0.39 is 8.53 Å². The van der Waals surface area contributed by atoms with Crippen molar-refractivity contribution in [3.8, 4) is 6.07 Å². The Labute approximate surface area is 187 Å². The molecule has 0 spiro atoms. The molecule has 1 aliphatic rings. The first-order valence-electron chi connectivity index (χ1n) is 11.9. The minimum Gasteiger partial charge on any atom is -0.337 e. The van der Waals surface area contributed by atoms with Crippen molar-refractivity contribution in [2.75, 3.05) is 33.8 Å². The predicted molar refractivity (Wildman–Crippen MR) is 123 cm³/mol. The Morgan fingerprint density at radius 3 is 2.53 bits per heavy atom. The Morgan fingerprint density at radius 1 is 1.27 bits per heavy atom. The molecule has 174 valence electrons. The average molecular weight is 444 g/mol. The van der Waals surface area contributed by atoms with Crippen molar-refractivity contribution in [3.63, 3.8) is 0 Å². The lowest BCUT2D eigenvalue weighted by atomic mass is 10.1. The summed E-state index contributed by atoms with van der Waals surface area (Å²) in [6, 6.07) is 2.50. The van der Waals surface area contributed by atoms with E-state index in [1.54, 1.807) is 0 Å². The highest BCUT2D eigenvalue weighted by molar-refractivity contribution is 7.44. The van der Waals surface area contributed by atoms with Crippen LogP contribution in [0.4, 0.5) is 0 Å². The number of nitrogens with zero attached hydrogens (tertiary/aromatic N) is 4. The quantitative estimate of drug-likeness (QED) is 0.293. The molecule has 1 unspecified atom stereocenters. The normalized spacial score (nSPS) is 21.0. The molecular formula is C22H43N4O3P. The van der Waals surface area contributed by atoms with Gasteiger partial charge in [-0.3, -0.25) is 4.79 Å². The van der Waals surface area contributed by atoms with Gasteiger partial charge in [0.25, 0.3) is 8.53 Å². The monoisotopic (exact) mass is 443 g/mol. The maximum absolute atomic E-state index is 12.8. The SMILES string of the molecule is [2H]C[C@@H]1C[C@@H](OP(OCCC#N)N(C(C)C)C(C)C)CN1C(=O)CCCCCN(C)C. The van der Waals surface area contributed by atoms with Gasteiger partial charge < -0.3 is 18.8 Å². The van der Waals surface area contributed by atoms with E-state index in [-0.39, 0.29) is 37.0 Å². The third-order valence-electron chi connectivity index (χ3n) is 5.09. The highest BCUT2D eigenvalue weighted by Crippen LogP contribution is 2.48. The highest BCUT2D eigenvalue weighted by Gasteiger charge is 2.37. The van der Waals surface area contributed by atoms with Crippen LogP contribution in [0.2, 0.25) is 0 Å². The van der Waals surface area contributed by atoms with Gasteiger partial charge in [-0.15, -0.1) is 0 Å². The molecule has 0 aromatic carbocycles. The molecule has 30 heavy (non-hydrogen) atoms. The molecule has 0 radical (unpaired) electrons. The van der Waals surface area contributed by atoms with Gasteiger partial charge in [-0.25, -0.2) is 4.67 Å². The Kier molecular flexibility index (Phi) is 12.2. The fourth-order valence-electron chi connectivity index (χ4n) is 3.70. The number of rotatable bonds is 14. The third-order valence-corrected chi connectivity index (χ3v) is 7.28. The molecule has 1 fully saturated rings. The maximum atomic E-state index is 12.8. The van der Waals surface area contributed by atoms with Crippen LogP contribution in [0.3, 0.4) is 0 Å². The molecule has 1 amide bonds. The zero-order valence-corrected chi connectivity index (χ0v) is 20.7. The van der Waals surface area contributed by atoms with Crippen molar-refractivity contribution in [1.82, 2.24) is 14.5 Å². The maximum Gasteiger partial charge on any atom is 0.259 e. The summed E-state index contributed by atoms with van der Waals surface area (Å²) in [4.78, 5) is 16.8. The van der Waals surface area contributed by atoms with Gasteiger partial charge in [0, 0.05) is 32.5 Å². The lowest BCUT2D eigenvalue weighted by Gasteiger charge is -2.36. The van der Waals surface area contributed by atoms with Gasteiger partial charge in [0.05, 0.1) is 25.2 Å². The van der Waals surface area contributed by atoms with E-state index >= 15 is 0 Å². The van der Waals surface area contributed by atoms with E-state index in [9.17, 15) is 4.79 Å². The standard InChI is InChI=1S/C22H43N4O3P/c1-18(2)26(19(3)4)30(28-15-11-13-23)29-21-16-20(5)25(17-21)22(27)12-9-8-10-14-24(6)7/h18-21H,8-12,14-17H2,1-7H3/t20-,21-,30?/m1/s1/i5D. The Balaban J connectivity index is 2.69. The first kappa shape index (κ1) is 25.5. The number of hydrogen-bond acceptors (Lipinski definition) is 6. The second-order valence-electron chi connectivity index (χ2n) is 8.82. The van der Waals surface area contributed by atoms with Crippen molar-refractivity contribution < 1.29 is 15.2 Å². The van der Waals surface area contributed by atoms with Crippen LogP contribution in [-0.2, 0) is 13.8 Å². The molecule has 1 saturated heterocycles.